The van der Waals surface area contributed by atoms with Crippen molar-refractivity contribution < 1.29 is 9.59 Å². The van der Waals surface area contributed by atoms with Gasteiger partial charge in [0.2, 0.25) is 11.8 Å². The Hall–Kier alpha value is -2.34. The van der Waals surface area contributed by atoms with Gasteiger partial charge in [-0.25, -0.2) is 4.98 Å². The number of rotatable bonds is 6. The van der Waals surface area contributed by atoms with Gasteiger partial charge in [-0.15, -0.1) is 11.8 Å². The second-order valence-electron chi connectivity index (χ2n) is 6.80. The Morgan fingerprint density at radius 2 is 2.04 bits per heavy atom. The van der Waals surface area contributed by atoms with E-state index < -0.39 is 0 Å². The first-order valence-electron chi connectivity index (χ1n) is 9.31. The third-order valence-electron chi connectivity index (χ3n) is 4.64. The highest BCUT2D eigenvalue weighted by Gasteiger charge is 2.28. The number of nitrogens with zero attached hydrogens (tertiary/aromatic N) is 2. The van der Waals surface area contributed by atoms with Crippen molar-refractivity contribution in [3.8, 4) is 0 Å². The molecule has 0 unspecified atom stereocenters. The van der Waals surface area contributed by atoms with E-state index in [9.17, 15) is 9.59 Å². The van der Waals surface area contributed by atoms with E-state index in [2.05, 4.69) is 22.4 Å². The summed E-state index contributed by atoms with van der Waals surface area (Å²) in [6, 6.07) is 13.8. The molecule has 27 heavy (non-hydrogen) atoms. The van der Waals surface area contributed by atoms with E-state index in [1.165, 1.54) is 4.90 Å². The molecule has 1 N–H and O–H groups in total. The van der Waals surface area contributed by atoms with Gasteiger partial charge in [-0.1, -0.05) is 24.3 Å². The molecule has 0 radical (unpaired) electrons. The maximum Gasteiger partial charge on any atom is 0.230 e. The lowest BCUT2D eigenvalue weighted by atomic mass is 9.97. The summed E-state index contributed by atoms with van der Waals surface area (Å²) in [4.78, 5) is 32.3. The maximum atomic E-state index is 12.5. The van der Waals surface area contributed by atoms with Crippen molar-refractivity contribution in [3.63, 3.8) is 0 Å². The number of pyridine rings is 1. The number of aryl methyl sites for hydroxylation is 1. The SMILES string of the molecule is Cc1ccc(NC(=O)[C@H]2CCCN(C(=O)CCSc3ccccc3)C2)nc1. The van der Waals surface area contributed by atoms with Crippen molar-refractivity contribution in [2.45, 2.75) is 31.1 Å². The van der Waals surface area contributed by atoms with Crippen molar-refractivity contribution >= 4 is 29.4 Å². The third kappa shape index (κ3) is 5.82. The summed E-state index contributed by atoms with van der Waals surface area (Å²) in [5.41, 5.74) is 1.05. The summed E-state index contributed by atoms with van der Waals surface area (Å²) in [5.74, 6) is 1.22. The number of anilines is 1. The average Bonchev–Trinajstić information content (AvgIpc) is 2.70. The van der Waals surface area contributed by atoms with Crippen LogP contribution in [0.3, 0.4) is 0 Å². The zero-order valence-electron chi connectivity index (χ0n) is 15.6. The highest BCUT2D eigenvalue weighted by Crippen LogP contribution is 2.21. The summed E-state index contributed by atoms with van der Waals surface area (Å²) < 4.78 is 0. The molecule has 1 aromatic heterocycles. The number of piperidine rings is 1. The van der Waals surface area contributed by atoms with Crippen LogP contribution >= 0.6 is 11.8 Å². The molecule has 6 heteroatoms. The molecule has 1 fully saturated rings. The van der Waals surface area contributed by atoms with Gasteiger partial charge >= 0.3 is 0 Å². The van der Waals surface area contributed by atoms with Gasteiger partial charge in [-0.05, 0) is 43.5 Å². The van der Waals surface area contributed by atoms with Crippen LogP contribution in [0.5, 0.6) is 0 Å². The van der Waals surface area contributed by atoms with Crippen LogP contribution < -0.4 is 5.32 Å². The highest BCUT2D eigenvalue weighted by molar-refractivity contribution is 7.99. The fraction of sp³-hybridized carbons (Fsp3) is 0.381. The number of hydrogen-bond acceptors (Lipinski definition) is 4. The molecule has 1 atom stereocenters. The minimum Gasteiger partial charge on any atom is -0.342 e. The zero-order chi connectivity index (χ0) is 19.1. The van der Waals surface area contributed by atoms with Crippen LogP contribution in [0.4, 0.5) is 5.82 Å². The van der Waals surface area contributed by atoms with E-state index in [-0.39, 0.29) is 17.7 Å². The normalized spacial score (nSPS) is 16.8. The quantitative estimate of drug-likeness (QED) is 0.772. The zero-order valence-corrected chi connectivity index (χ0v) is 16.4. The van der Waals surface area contributed by atoms with Crippen molar-refractivity contribution in [3.05, 3.63) is 54.2 Å². The van der Waals surface area contributed by atoms with Gasteiger partial charge < -0.3 is 10.2 Å². The van der Waals surface area contributed by atoms with Crippen LogP contribution in [0, 0.1) is 12.8 Å². The number of carbonyl (C=O) groups is 2. The summed E-state index contributed by atoms with van der Waals surface area (Å²) in [6.07, 6.45) is 3.89. The minimum atomic E-state index is -0.174. The number of likely N-dealkylation sites (tertiary alicyclic amines) is 1. The molecule has 0 bridgehead atoms. The number of benzene rings is 1. The van der Waals surface area contributed by atoms with Gasteiger partial charge in [0.15, 0.2) is 0 Å². The third-order valence-corrected chi connectivity index (χ3v) is 5.65. The molecule has 5 nitrogen and oxygen atoms in total. The van der Waals surface area contributed by atoms with Gasteiger partial charge in [0.05, 0.1) is 5.92 Å². The number of hydrogen-bond donors (Lipinski definition) is 1. The van der Waals surface area contributed by atoms with Crippen LogP contribution in [-0.2, 0) is 9.59 Å². The molecule has 1 saturated heterocycles. The van der Waals surface area contributed by atoms with Crippen LogP contribution in [0.2, 0.25) is 0 Å². The molecule has 1 aliphatic heterocycles. The van der Waals surface area contributed by atoms with Crippen molar-refractivity contribution in [1.29, 1.82) is 0 Å². The van der Waals surface area contributed by atoms with Crippen molar-refractivity contribution in [2.24, 2.45) is 5.92 Å². The lowest BCUT2D eigenvalue weighted by Crippen LogP contribution is -2.43. The number of amides is 2. The van der Waals surface area contributed by atoms with Crippen molar-refractivity contribution in [1.82, 2.24) is 9.88 Å². The largest absolute Gasteiger partial charge is 0.342 e. The fourth-order valence-corrected chi connectivity index (χ4v) is 3.98. The van der Waals surface area contributed by atoms with Gasteiger partial charge in [0, 0.05) is 36.4 Å². The molecular formula is C21H25N3O2S. The molecule has 0 spiro atoms. The second kappa shape index (κ2) is 9.55. The molecule has 2 amide bonds. The molecule has 1 aliphatic rings. The van der Waals surface area contributed by atoms with Crippen LogP contribution in [0.15, 0.2) is 53.6 Å². The Kier molecular flexibility index (Phi) is 6.87. The number of nitrogens with one attached hydrogen (secondary N) is 1. The van der Waals surface area contributed by atoms with Gasteiger partial charge in [0.1, 0.15) is 5.82 Å². The van der Waals surface area contributed by atoms with E-state index >= 15 is 0 Å². The molecule has 2 heterocycles. The predicted octanol–water partition coefficient (Wildman–Crippen LogP) is 3.75. The second-order valence-corrected chi connectivity index (χ2v) is 7.97. The Morgan fingerprint density at radius 3 is 2.78 bits per heavy atom. The Morgan fingerprint density at radius 1 is 1.22 bits per heavy atom. The Balaban J connectivity index is 1.47. The van der Waals surface area contributed by atoms with E-state index in [1.54, 1.807) is 24.0 Å². The van der Waals surface area contributed by atoms with E-state index in [1.807, 2.05) is 36.1 Å². The van der Waals surface area contributed by atoms with Crippen LogP contribution in [-0.4, -0.2) is 40.5 Å². The fourth-order valence-electron chi connectivity index (χ4n) is 3.12. The van der Waals surface area contributed by atoms with E-state index in [4.69, 9.17) is 0 Å². The van der Waals surface area contributed by atoms with Gasteiger partial charge in [-0.2, -0.15) is 0 Å². The number of carbonyl (C=O) groups excluding carboxylic acids is 2. The first-order chi connectivity index (χ1) is 13.1. The summed E-state index contributed by atoms with van der Waals surface area (Å²) in [6.45, 7) is 3.19. The van der Waals surface area contributed by atoms with E-state index in [0.717, 1.165) is 30.7 Å². The van der Waals surface area contributed by atoms with Crippen LogP contribution in [0.1, 0.15) is 24.8 Å². The monoisotopic (exact) mass is 383 g/mol. The van der Waals surface area contributed by atoms with Gasteiger partial charge in [0.25, 0.3) is 0 Å². The first kappa shape index (κ1) is 19.4. The average molecular weight is 384 g/mol. The molecule has 0 saturated carbocycles. The topological polar surface area (TPSA) is 62.3 Å². The number of aromatic nitrogens is 1. The first-order valence-corrected chi connectivity index (χ1v) is 10.3. The van der Waals surface area contributed by atoms with Crippen LogP contribution in [0.25, 0.3) is 0 Å². The summed E-state index contributed by atoms with van der Waals surface area (Å²) >= 11 is 1.69. The molecule has 142 valence electrons. The highest BCUT2D eigenvalue weighted by atomic mass is 32.2. The predicted molar refractivity (Wildman–Crippen MR) is 109 cm³/mol. The minimum absolute atomic E-state index is 0.0532. The number of thioether (sulfide) groups is 1. The molecule has 0 aliphatic carbocycles. The van der Waals surface area contributed by atoms with Crippen molar-refractivity contribution in [2.75, 3.05) is 24.2 Å². The lowest BCUT2D eigenvalue weighted by Gasteiger charge is -2.32. The molecule has 2 aromatic rings. The molecule has 1 aromatic carbocycles. The van der Waals surface area contributed by atoms with Gasteiger partial charge in [-0.3, -0.25) is 9.59 Å². The Labute approximate surface area is 164 Å². The lowest BCUT2D eigenvalue weighted by molar-refractivity contribution is -0.134. The smallest absolute Gasteiger partial charge is 0.230 e. The maximum absolute atomic E-state index is 12.5. The summed E-state index contributed by atoms with van der Waals surface area (Å²) in [7, 11) is 0. The summed E-state index contributed by atoms with van der Waals surface area (Å²) in [5, 5.41) is 2.87. The Bertz CT molecular complexity index is 765. The standard InChI is InChI=1S/C21H25N3O2S/c1-16-9-10-19(22-14-16)23-21(26)17-6-5-12-24(15-17)20(25)11-13-27-18-7-3-2-4-8-18/h2-4,7-10,14,17H,5-6,11-13,15H2,1H3,(H,22,23,26)/t17-/m0/s1. The molecular weight excluding hydrogens is 358 g/mol. The van der Waals surface area contributed by atoms with E-state index in [0.29, 0.717) is 18.8 Å². The molecule has 3 rings (SSSR count).